The maximum atomic E-state index is 14.0. The van der Waals surface area contributed by atoms with Gasteiger partial charge in [-0.1, -0.05) is 0 Å². The molecule has 0 radical (unpaired) electrons. The van der Waals surface area contributed by atoms with E-state index in [1.54, 1.807) is 0 Å². The third kappa shape index (κ3) is 5.25. The molecule has 1 heterocycles. The van der Waals surface area contributed by atoms with Crippen molar-refractivity contribution < 1.29 is 22.2 Å². The van der Waals surface area contributed by atoms with Gasteiger partial charge < -0.3 is 11.1 Å². The Hall–Kier alpha value is -3.02. The first-order valence-corrected chi connectivity index (χ1v) is 9.04. The van der Waals surface area contributed by atoms with E-state index < -0.39 is 34.8 Å². The van der Waals surface area contributed by atoms with Crippen molar-refractivity contribution in [1.82, 2.24) is 14.3 Å². The number of rotatable bonds is 6. The molecule has 3 N–H and O–H groups in total. The second-order valence-corrected chi connectivity index (χ2v) is 6.91. The van der Waals surface area contributed by atoms with Crippen molar-refractivity contribution in [2.75, 3.05) is 19.4 Å². The molecule has 0 saturated heterocycles. The van der Waals surface area contributed by atoms with E-state index in [0.29, 0.717) is 0 Å². The highest BCUT2D eigenvalue weighted by molar-refractivity contribution is 7.82. The molecule has 28 heavy (non-hydrogen) atoms. The van der Waals surface area contributed by atoms with E-state index in [4.69, 9.17) is 5.73 Å². The monoisotopic (exact) mass is 414 g/mol. The number of aliphatic imine (C=N–C) groups is 1. The minimum absolute atomic E-state index is 0.0222. The van der Waals surface area contributed by atoms with Gasteiger partial charge in [0.2, 0.25) is 5.96 Å². The number of nitrogens with zero attached hydrogens (tertiary/aromatic N) is 4. The highest BCUT2D eigenvalue weighted by Gasteiger charge is 2.16. The minimum atomic E-state index is -2.80. The fraction of sp³-hybridized carbons (Fsp3) is 0.250. The van der Waals surface area contributed by atoms with Crippen molar-refractivity contribution in [3.8, 4) is 0 Å². The quantitative estimate of drug-likeness (QED) is 0.553. The Balaban J connectivity index is 2.14. The van der Waals surface area contributed by atoms with Crippen molar-refractivity contribution >= 4 is 28.5 Å². The Labute approximate surface area is 161 Å². The standard InChI is InChI=1S/C16H17F3N6O2S/c1-21-16(20)25(2)28(27)8-9-5-10(3-4-11(9)17)24-15(26)13-7-22-12(6-23-13)14(18)19/h3-7,14H,8H2,1-2H3,(H2,20,21)(H,24,26). The summed E-state index contributed by atoms with van der Waals surface area (Å²) in [6.45, 7) is 0. The van der Waals surface area contributed by atoms with Crippen LogP contribution in [0.4, 0.5) is 18.9 Å². The lowest BCUT2D eigenvalue weighted by molar-refractivity contribution is 0.102. The molecule has 150 valence electrons. The van der Waals surface area contributed by atoms with Crippen LogP contribution in [0.5, 0.6) is 0 Å². The lowest BCUT2D eigenvalue weighted by atomic mass is 10.2. The summed E-state index contributed by atoms with van der Waals surface area (Å²) in [6.07, 6.45) is -1.08. The maximum Gasteiger partial charge on any atom is 0.281 e. The lowest BCUT2D eigenvalue weighted by Crippen LogP contribution is -2.35. The minimum Gasteiger partial charge on any atom is -0.369 e. The fourth-order valence-electron chi connectivity index (χ4n) is 2.00. The number of hydrogen-bond donors (Lipinski definition) is 2. The summed E-state index contributed by atoms with van der Waals surface area (Å²) in [7, 11) is 1.19. The zero-order chi connectivity index (χ0) is 20.8. The predicted molar refractivity (Wildman–Crippen MR) is 98.5 cm³/mol. The molecule has 0 aliphatic heterocycles. The number of halogens is 3. The van der Waals surface area contributed by atoms with Gasteiger partial charge in [-0.15, -0.1) is 0 Å². The van der Waals surface area contributed by atoms with Crippen molar-refractivity contribution in [2.24, 2.45) is 10.7 Å². The lowest BCUT2D eigenvalue weighted by Gasteiger charge is -2.17. The number of hydrogen-bond acceptors (Lipinski definition) is 5. The van der Waals surface area contributed by atoms with Crippen LogP contribution < -0.4 is 11.1 Å². The smallest absolute Gasteiger partial charge is 0.281 e. The topological polar surface area (TPSA) is 114 Å². The summed E-state index contributed by atoms with van der Waals surface area (Å²) in [5, 5.41) is 2.45. The molecule has 0 aliphatic rings. The molecule has 0 spiro atoms. The van der Waals surface area contributed by atoms with E-state index >= 15 is 0 Å². The number of alkyl halides is 2. The molecule has 1 unspecified atom stereocenters. The number of nitrogens with two attached hydrogens (primary N) is 1. The number of guanidine groups is 1. The average Bonchev–Trinajstić information content (AvgIpc) is 2.69. The van der Waals surface area contributed by atoms with E-state index in [9.17, 15) is 22.2 Å². The summed E-state index contributed by atoms with van der Waals surface area (Å²) < 4.78 is 52.4. The summed E-state index contributed by atoms with van der Waals surface area (Å²) >= 11 is 0. The number of anilines is 1. The Morgan fingerprint density at radius 3 is 2.64 bits per heavy atom. The van der Waals surface area contributed by atoms with Gasteiger partial charge in [0.25, 0.3) is 12.3 Å². The van der Waals surface area contributed by atoms with Gasteiger partial charge in [0.1, 0.15) is 28.2 Å². The number of nitrogens with one attached hydrogen (secondary N) is 1. The SMILES string of the molecule is CN=C(N)N(C)S(=O)Cc1cc(NC(=O)c2cnc(C(F)F)cn2)ccc1F. The molecular weight excluding hydrogens is 397 g/mol. The summed E-state index contributed by atoms with van der Waals surface area (Å²) in [5.41, 5.74) is 5.11. The highest BCUT2D eigenvalue weighted by Crippen LogP contribution is 2.18. The number of carbonyl (C=O) groups is 1. The van der Waals surface area contributed by atoms with Gasteiger partial charge in [-0.25, -0.2) is 22.4 Å². The molecule has 1 atom stereocenters. The Morgan fingerprint density at radius 1 is 1.36 bits per heavy atom. The van der Waals surface area contributed by atoms with Crippen LogP contribution in [0.15, 0.2) is 35.6 Å². The van der Waals surface area contributed by atoms with Gasteiger partial charge in [0.15, 0.2) is 0 Å². The van der Waals surface area contributed by atoms with Crippen LogP contribution in [0.1, 0.15) is 28.2 Å². The first kappa shape index (κ1) is 21.3. The third-order valence-electron chi connectivity index (χ3n) is 3.57. The summed E-state index contributed by atoms with van der Waals surface area (Å²) in [5.74, 6) is -1.51. The normalized spacial score (nSPS) is 12.7. The van der Waals surface area contributed by atoms with Crippen LogP contribution in [0.2, 0.25) is 0 Å². The average molecular weight is 414 g/mol. The van der Waals surface area contributed by atoms with Crippen molar-refractivity contribution in [3.05, 3.63) is 53.4 Å². The second-order valence-electron chi connectivity index (χ2n) is 5.43. The van der Waals surface area contributed by atoms with E-state index in [2.05, 4.69) is 20.3 Å². The van der Waals surface area contributed by atoms with Crippen molar-refractivity contribution in [3.63, 3.8) is 0 Å². The molecule has 1 amide bonds. The zero-order valence-electron chi connectivity index (χ0n) is 14.9. The van der Waals surface area contributed by atoms with Gasteiger partial charge in [-0.05, 0) is 18.2 Å². The number of carbonyl (C=O) groups excluding carboxylic acids is 1. The highest BCUT2D eigenvalue weighted by atomic mass is 32.2. The number of aromatic nitrogens is 2. The molecule has 12 heteroatoms. The van der Waals surface area contributed by atoms with E-state index in [1.165, 1.54) is 30.5 Å². The molecular formula is C16H17F3N6O2S. The number of amides is 1. The fourth-order valence-corrected chi connectivity index (χ4v) is 2.97. The van der Waals surface area contributed by atoms with E-state index in [0.717, 1.165) is 18.5 Å². The van der Waals surface area contributed by atoms with Gasteiger partial charge in [-0.2, -0.15) is 0 Å². The second kappa shape index (κ2) is 9.26. The Morgan fingerprint density at radius 2 is 2.07 bits per heavy atom. The van der Waals surface area contributed by atoms with Gasteiger partial charge in [0, 0.05) is 25.3 Å². The predicted octanol–water partition coefficient (Wildman–Crippen LogP) is 1.85. The molecule has 1 aromatic heterocycles. The first-order chi connectivity index (χ1) is 13.2. The van der Waals surface area contributed by atoms with Crippen LogP contribution in [-0.2, 0) is 16.7 Å². The maximum absolute atomic E-state index is 14.0. The Kier molecular flexibility index (Phi) is 7.04. The van der Waals surface area contributed by atoms with Crippen LogP contribution >= 0.6 is 0 Å². The Bertz CT molecular complexity index is 908. The molecule has 0 aliphatic carbocycles. The van der Waals surface area contributed by atoms with Crippen molar-refractivity contribution in [1.29, 1.82) is 0 Å². The first-order valence-electron chi connectivity index (χ1n) is 7.77. The molecule has 0 fully saturated rings. The molecule has 8 nitrogen and oxygen atoms in total. The summed E-state index contributed by atoms with van der Waals surface area (Å²) in [6, 6.07) is 3.70. The zero-order valence-corrected chi connectivity index (χ0v) is 15.7. The molecule has 1 aromatic carbocycles. The van der Waals surface area contributed by atoms with Crippen LogP contribution in [0.3, 0.4) is 0 Å². The van der Waals surface area contributed by atoms with E-state index in [-0.39, 0.29) is 28.7 Å². The van der Waals surface area contributed by atoms with Crippen LogP contribution in [0.25, 0.3) is 0 Å². The van der Waals surface area contributed by atoms with Gasteiger partial charge in [-0.3, -0.25) is 19.1 Å². The summed E-state index contributed by atoms with van der Waals surface area (Å²) in [4.78, 5) is 22.9. The molecule has 2 rings (SSSR count). The van der Waals surface area contributed by atoms with Gasteiger partial charge >= 0.3 is 0 Å². The van der Waals surface area contributed by atoms with Gasteiger partial charge in [0.05, 0.1) is 18.1 Å². The van der Waals surface area contributed by atoms with Crippen LogP contribution in [0, 0.1) is 5.82 Å². The van der Waals surface area contributed by atoms with E-state index in [1.807, 2.05) is 0 Å². The number of benzene rings is 1. The molecule has 0 bridgehead atoms. The van der Waals surface area contributed by atoms with Crippen LogP contribution in [-0.4, -0.2) is 44.4 Å². The molecule has 0 saturated carbocycles. The van der Waals surface area contributed by atoms with Crippen molar-refractivity contribution in [2.45, 2.75) is 12.2 Å². The largest absolute Gasteiger partial charge is 0.369 e. The molecule has 2 aromatic rings. The third-order valence-corrected chi connectivity index (χ3v) is 4.92.